The van der Waals surface area contributed by atoms with E-state index in [1.807, 2.05) is 63.2 Å². The van der Waals surface area contributed by atoms with E-state index in [0.717, 1.165) is 39.0 Å². The summed E-state index contributed by atoms with van der Waals surface area (Å²) in [5, 5.41) is 16.3. The minimum atomic E-state index is -0.302. The number of nitrogens with zero attached hydrogens (tertiary/aromatic N) is 4. The minimum absolute atomic E-state index is 0.258. The zero-order chi connectivity index (χ0) is 21.4. The van der Waals surface area contributed by atoms with E-state index in [0.29, 0.717) is 11.3 Å². The van der Waals surface area contributed by atoms with Crippen LogP contribution in [0.3, 0.4) is 0 Å². The van der Waals surface area contributed by atoms with Crippen LogP contribution < -0.4 is 5.32 Å². The van der Waals surface area contributed by atoms with Crippen LogP contribution in [0.4, 0.5) is 5.69 Å². The predicted molar refractivity (Wildman–Crippen MR) is 122 cm³/mol. The number of aromatic nitrogens is 4. The highest BCUT2D eigenvalue weighted by Gasteiger charge is 2.21. The number of benzene rings is 2. The van der Waals surface area contributed by atoms with Gasteiger partial charge in [-0.25, -0.2) is 4.52 Å². The summed E-state index contributed by atoms with van der Waals surface area (Å²) < 4.78 is 2.73. The van der Waals surface area contributed by atoms with E-state index in [-0.39, 0.29) is 11.6 Å². The Morgan fingerprint density at radius 1 is 1.03 bits per heavy atom. The Bertz CT molecular complexity index is 1260. The first-order chi connectivity index (χ1) is 14.4. The molecular formula is C23H22BrN5O. The molecule has 0 fully saturated rings. The van der Waals surface area contributed by atoms with Gasteiger partial charge in [-0.05, 0) is 68.1 Å². The van der Waals surface area contributed by atoms with Crippen LogP contribution in [0.15, 0.2) is 46.9 Å². The van der Waals surface area contributed by atoms with Gasteiger partial charge in [0.2, 0.25) is 0 Å². The van der Waals surface area contributed by atoms with Gasteiger partial charge in [-0.3, -0.25) is 4.79 Å². The van der Waals surface area contributed by atoms with Crippen molar-refractivity contribution in [3.05, 3.63) is 75.1 Å². The lowest BCUT2D eigenvalue weighted by molar-refractivity contribution is 0.102. The molecule has 2 heterocycles. The first kappa shape index (κ1) is 20.2. The van der Waals surface area contributed by atoms with Gasteiger partial charge in [0.05, 0.1) is 17.0 Å². The number of fused-ring (bicyclic) bond motifs is 1. The third-order valence-corrected chi connectivity index (χ3v) is 5.81. The zero-order valence-electron chi connectivity index (χ0n) is 17.3. The van der Waals surface area contributed by atoms with Gasteiger partial charge in [-0.15, -0.1) is 10.2 Å². The van der Waals surface area contributed by atoms with Crippen molar-refractivity contribution in [2.45, 2.75) is 34.1 Å². The maximum atomic E-state index is 12.9. The molecule has 0 spiro atoms. The van der Waals surface area contributed by atoms with E-state index in [9.17, 15) is 4.79 Å². The molecule has 1 amide bonds. The summed E-state index contributed by atoms with van der Waals surface area (Å²) >= 11 is 3.47. The molecular weight excluding hydrogens is 442 g/mol. The molecule has 4 aromatic rings. The molecule has 0 bridgehead atoms. The van der Waals surface area contributed by atoms with Crippen LogP contribution >= 0.6 is 15.9 Å². The maximum Gasteiger partial charge on any atom is 0.278 e. The fourth-order valence-electron chi connectivity index (χ4n) is 3.43. The third-order valence-electron chi connectivity index (χ3n) is 5.29. The summed E-state index contributed by atoms with van der Waals surface area (Å²) in [4.78, 5) is 12.9. The molecule has 7 heteroatoms. The highest BCUT2D eigenvalue weighted by molar-refractivity contribution is 9.10. The van der Waals surface area contributed by atoms with Gasteiger partial charge in [0.25, 0.3) is 5.91 Å². The summed E-state index contributed by atoms with van der Waals surface area (Å²) in [6.07, 6.45) is 0.748. The van der Waals surface area contributed by atoms with Crippen LogP contribution in [-0.4, -0.2) is 25.7 Å². The Morgan fingerprint density at radius 2 is 1.77 bits per heavy atom. The minimum Gasteiger partial charge on any atom is -0.321 e. The molecule has 0 unspecified atom stereocenters. The second-order valence-electron chi connectivity index (χ2n) is 7.30. The fourth-order valence-corrected chi connectivity index (χ4v) is 3.69. The molecule has 0 aliphatic rings. The van der Waals surface area contributed by atoms with Gasteiger partial charge in [-0.2, -0.15) is 5.10 Å². The summed E-state index contributed by atoms with van der Waals surface area (Å²) in [5.41, 5.74) is 7.46. The van der Waals surface area contributed by atoms with Crippen molar-refractivity contribution in [1.29, 1.82) is 0 Å². The number of hydrogen-bond acceptors (Lipinski definition) is 4. The second kappa shape index (κ2) is 7.99. The average molecular weight is 464 g/mol. The summed E-state index contributed by atoms with van der Waals surface area (Å²) in [7, 11) is 0. The lowest BCUT2D eigenvalue weighted by atomic mass is 10.0. The largest absolute Gasteiger partial charge is 0.321 e. The van der Waals surface area contributed by atoms with Crippen LogP contribution in [0, 0.1) is 20.8 Å². The van der Waals surface area contributed by atoms with E-state index in [4.69, 9.17) is 5.10 Å². The van der Waals surface area contributed by atoms with Gasteiger partial charge in [0.15, 0.2) is 11.3 Å². The van der Waals surface area contributed by atoms with Crippen molar-refractivity contribution in [3.63, 3.8) is 0 Å². The zero-order valence-corrected chi connectivity index (χ0v) is 18.9. The van der Waals surface area contributed by atoms with Crippen molar-refractivity contribution in [2.75, 3.05) is 5.32 Å². The molecule has 1 N–H and O–H groups in total. The van der Waals surface area contributed by atoms with Crippen molar-refractivity contribution in [3.8, 4) is 11.1 Å². The van der Waals surface area contributed by atoms with Gasteiger partial charge >= 0.3 is 0 Å². The Kier molecular flexibility index (Phi) is 5.39. The van der Waals surface area contributed by atoms with E-state index in [2.05, 4.69) is 38.4 Å². The average Bonchev–Trinajstić information content (AvgIpc) is 3.11. The van der Waals surface area contributed by atoms with Crippen molar-refractivity contribution in [1.82, 2.24) is 19.8 Å². The number of nitrogens with one attached hydrogen (secondary N) is 1. The lowest BCUT2D eigenvalue weighted by Gasteiger charge is -2.09. The Labute approximate surface area is 183 Å². The van der Waals surface area contributed by atoms with Crippen molar-refractivity contribution in [2.24, 2.45) is 0 Å². The van der Waals surface area contributed by atoms with E-state index in [1.165, 1.54) is 5.56 Å². The number of carbonyl (C=O) groups is 1. The quantitative estimate of drug-likeness (QED) is 0.445. The molecule has 6 nitrogen and oxygen atoms in total. The standard InChI is InChI=1S/C23H22BrN5O/c1-5-19-20(16-7-9-17(24)10-8-16)22-27-26-21(15(4)29(22)28-19)23(30)25-18-11-6-13(2)14(3)12-18/h6-12H,5H2,1-4H3,(H,25,30). The normalized spacial score (nSPS) is 11.1. The topological polar surface area (TPSA) is 72.2 Å². The monoisotopic (exact) mass is 463 g/mol. The molecule has 0 aliphatic carbocycles. The summed E-state index contributed by atoms with van der Waals surface area (Å²) in [6, 6.07) is 13.8. The maximum absolute atomic E-state index is 12.9. The lowest BCUT2D eigenvalue weighted by Crippen LogP contribution is -2.18. The number of rotatable bonds is 4. The predicted octanol–water partition coefficient (Wildman–Crippen LogP) is 5.29. The number of hydrogen-bond donors (Lipinski definition) is 1. The van der Waals surface area contributed by atoms with E-state index < -0.39 is 0 Å². The van der Waals surface area contributed by atoms with Crippen LogP contribution in [0.2, 0.25) is 0 Å². The molecule has 0 aliphatic heterocycles. The Morgan fingerprint density at radius 3 is 2.43 bits per heavy atom. The van der Waals surface area contributed by atoms with Crippen molar-refractivity contribution >= 4 is 33.2 Å². The summed E-state index contributed by atoms with van der Waals surface area (Å²) in [5.74, 6) is -0.302. The highest BCUT2D eigenvalue weighted by atomic mass is 79.9. The van der Waals surface area contributed by atoms with Crippen LogP contribution in [0.1, 0.15) is 39.9 Å². The number of anilines is 1. The van der Waals surface area contributed by atoms with Crippen LogP contribution in [0.5, 0.6) is 0 Å². The number of carbonyl (C=O) groups excluding carboxylic acids is 1. The molecule has 0 radical (unpaired) electrons. The number of amides is 1. The second-order valence-corrected chi connectivity index (χ2v) is 8.22. The van der Waals surface area contributed by atoms with Gasteiger partial charge in [-0.1, -0.05) is 41.1 Å². The highest BCUT2D eigenvalue weighted by Crippen LogP contribution is 2.29. The molecule has 152 valence electrons. The molecule has 2 aromatic heterocycles. The first-order valence-corrected chi connectivity index (χ1v) is 10.6. The SMILES string of the molecule is CCc1nn2c(C)c(C(=O)Nc3ccc(C)c(C)c3)nnc2c1-c1ccc(Br)cc1. The smallest absolute Gasteiger partial charge is 0.278 e. The van der Waals surface area contributed by atoms with E-state index >= 15 is 0 Å². The Hall–Kier alpha value is -3.06. The van der Waals surface area contributed by atoms with E-state index in [1.54, 1.807) is 4.52 Å². The molecule has 0 saturated carbocycles. The fraction of sp³-hybridized carbons (Fsp3) is 0.217. The molecule has 0 saturated heterocycles. The third kappa shape index (κ3) is 3.61. The Balaban J connectivity index is 1.76. The molecule has 30 heavy (non-hydrogen) atoms. The van der Waals surface area contributed by atoms with Crippen molar-refractivity contribution < 1.29 is 4.79 Å². The number of halogens is 1. The molecule has 2 aromatic carbocycles. The molecule has 0 atom stereocenters. The summed E-state index contributed by atoms with van der Waals surface area (Å²) in [6.45, 7) is 7.95. The van der Waals surface area contributed by atoms with Crippen LogP contribution in [0.25, 0.3) is 16.8 Å². The van der Waals surface area contributed by atoms with Gasteiger partial charge < -0.3 is 5.32 Å². The molecule has 4 rings (SSSR count). The first-order valence-electron chi connectivity index (χ1n) is 9.78. The van der Waals surface area contributed by atoms with Gasteiger partial charge in [0, 0.05) is 10.2 Å². The number of aryl methyl sites for hydroxylation is 4. The van der Waals surface area contributed by atoms with Crippen LogP contribution in [-0.2, 0) is 6.42 Å². The van der Waals surface area contributed by atoms with Gasteiger partial charge in [0.1, 0.15) is 0 Å².